The Kier molecular flexibility index (Phi) is 4.40. The lowest BCUT2D eigenvalue weighted by atomic mass is 9.93. The first-order valence-electron chi connectivity index (χ1n) is 6.64. The van der Waals surface area contributed by atoms with Crippen LogP contribution in [0.25, 0.3) is 0 Å². The van der Waals surface area contributed by atoms with Gasteiger partial charge in [-0.15, -0.1) is 0 Å². The SMILES string of the molecule is CC(F)(c1ccc(O)c(CC(=O)c2ccncc2)c1)C(F)(F)F. The molecular weight excluding hydrogens is 314 g/mol. The first-order chi connectivity index (χ1) is 10.6. The standard InChI is InChI=1S/C16H13F4NO2/c1-15(17,16(18,19)20)12-2-3-13(22)11(8-12)9-14(23)10-4-6-21-7-5-10/h2-8,22H,9H2,1H3. The minimum absolute atomic E-state index is 0.0718. The van der Waals surface area contributed by atoms with Gasteiger partial charge in [0, 0.05) is 29.9 Å². The Morgan fingerprint density at radius 1 is 1.13 bits per heavy atom. The number of carbonyl (C=O) groups excluding carboxylic acids is 1. The number of alkyl halides is 4. The van der Waals surface area contributed by atoms with Crippen molar-refractivity contribution in [2.75, 3.05) is 0 Å². The van der Waals surface area contributed by atoms with Gasteiger partial charge in [0.1, 0.15) is 5.75 Å². The molecule has 0 aliphatic carbocycles. The summed E-state index contributed by atoms with van der Waals surface area (Å²) in [7, 11) is 0. The van der Waals surface area contributed by atoms with Crippen molar-refractivity contribution in [2.45, 2.75) is 25.2 Å². The number of nitrogens with zero attached hydrogens (tertiary/aromatic N) is 1. The Hall–Kier alpha value is -2.44. The van der Waals surface area contributed by atoms with Crippen molar-refractivity contribution >= 4 is 5.78 Å². The number of carbonyl (C=O) groups is 1. The number of ketones is 1. The number of phenols is 1. The van der Waals surface area contributed by atoms with E-state index in [1.165, 1.54) is 24.5 Å². The Bertz CT molecular complexity index is 712. The third-order valence-electron chi connectivity index (χ3n) is 3.51. The van der Waals surface area contributed by atoms with E-state index in [0.29, 0.717) is 12.5 Å². The van der Waals surface area contributed by atoms with E-state index in [2.05, 4.69) is 4.98 Å². The Morgan fingerprint density at radius 3 is 2.30 bits per heavy atom. The van der Waals surface area contributed by atoms with Crippen LogP contribution in [-0.4, -0.2) is 22.1 Å². The maximum atomic E-state index is 14.0. The molecule has 1 heterocycles. The molecule has 2 rings (SSSR count). The topological polar surface area (TPSA) is 50.2 Å². The lowest BCUT2D eigenvalue weighted by molar-refractivity contribution is -0.228. The van der Waals surface area contributed by atoms with E-state index < -0.39 is 23.2 Å². The van der Waals surface area contributed by atoms with Gasteiger partial charge >= 0.3 is 6.18 Å². The molecule has 7 heteroatoms. The van der Waals surface area contributed by atoms with E-state index in [9.17, 15) is 27.5 Å². The molecule has 1 N–H and O–H groups in total. The third kappa shape index (κ3) is 3.49. The molecule has 3 nitrogen and oxygen atoms in total. The van der Waals surface area contributed by atoms with Gasteiger partial charge in [0.2, 0.25) is 5.67 Å². The summed E-state index contributed by atoms with van der Waals surface area (Å²) in [6.07, 6.45) is -2.66. The number of Topliss-reactive ketones (excluding diaryl/α,β-unsaturated/α-hetero) is 1. The van der Waals surface area contributed by atoms with Crippen LogP contribution in [0.15, 0.2) is 42.7 Å². The summed E-state index contributed by atoms with van der Waals surface area (Å²) in [5.74, 6) is -0.790. The van der Waals surface area contributed by atoms with Crippen LogP contribution in [0.3, 0.4) is 0 Å². The highest BCUT2D eigenvalue weighted by molar-refractivity contribution is 5.97. The van der Waals surface area contributed by atoms with Crippen molar-refractivity contribution in [1.82, 2.24) is 4.98 Å². The van der Waals surface area contributed by atoms with Crippen LogP contribution < -0.4 is 0 Å². The molecule has 0 fully saturated rings. The van der Waals surface area contributed by atoms with Crippen LogP contribution in [0.5, 0.6) is 5.75 Å². The monoisotopic (exact) mass is 327 g/mol. The van der Waals surface area contributed by atoms with Gasteiger partial charge in [-0.25, -0.2) is 4.39 Å². The number of halogens is 4. The second kappa shape index (κ2) is 5.98. The summed E-state index contributed by atoms with van der Waals surface area (Å²) in [5.41, 5.74) is -4.02. The maximum Gasteiger partial charge on any atom is 0.426 e. The van der Waals surface area contributed by atoms with Crippen molar-refractivity contribution in [3.63, 3.8) is 0 Å². The predicted octanol–water partition coefficient (Wildman–Crippen LogP) is 3.96. The quantitative estimate of drug-likeness (QED) is 0.683. The molecule has 0 amide bonds. The molecule has 122 valence electrons. The van der Waals surface area contributed by atoms with Crippen LogP contribution in [0, 0.1) is 0 Å². The Balaban J connectivity index is 2.34. The van der Waals surface area contributed by atoms with E-state index in [0.717, 1.165) is 18.2 Å². The smallest absolute Gasteiger partial charge is 0.426 e. The number of aromatic nitrogens is 1. The Morgan fingerprint density at radius 2 is 1.74 bits per heavy atom. The number of hydrogen-bond acceptors (Lipinski definition) is 3. The minimum atomic E-state index is -5.10. The van der Waals surface area contributed by atoms with Crippen LogP contribution in [0.1, 0.15) is 28.4 Å². The van der Waals surface area contributed by atoms with Crippen LogP contribution in [0.2, 0.25) is 0 Å². The average Bonchev–Trinajstić information content (AvgIpc) is 2.49. The van der Waals surface area contributed by atoms with Gasteiger partial charge in [-0.05, 0) is 36.8 Å². The van der Waals surface area contributed by atoms with E-state index in [1.54, 1.807) is 0 Å². The second-order valence-electron chi connectivity index (χ2n) is 5.18. The van der Waals surface area contributed by atoms with Gasteiger partial charge in [-0.3, -0.25) is 9.78 Å². The van der Waals surface area contributed by atoms with Crippen molar-refractivity contribution in [2.24, 2.45) is 0 Å². The van der Waals surface area contributed by atoms with Gasteiger partial charge < -0.3 is 5.11 Å². The van der Waals surface area contributed by atoms with Gasteiger partial charge in [-0.1, -0.05) is 6.07 Å². The molecule has 1 atom stereocenters. The first kappa shape index (κ1) is 16.9. The minimum Gasteiger partial charge on any atom is -0.508 e. The lowest BCUT2D eigenvalue weighted by Gasteiger charge is -2.24. The molecule has 1 unspecified atom stereocenters. The normalized spacial score (nSPS) is 14.3. The summed E-state index contributed by atoms with van der Waals surface area (Å²) >= 11 is 0. The highest BCUT2D eigenvalue weighted by atomic mass is 19.4. The molecule has 0 spiro atoms. The molecule has 0 aliphatic rings. The molecule has 1 aromatic heterocycles. The largest absolute Gasteiger partial charge is 0.508 e. The Labute approximate surface area is 129 Å². The highest BCUT2D eigenvalue weighted by Gasteiger charge is 2.53. The lowest BCUT2D eigenvalue weighted by Crippen LogP contribution is -2.35. The van der Waals surface area contributed by atoms with Gasteiger partial charge in [0.25, 0.3) is 0 Å². The van der Waals surface area contributed by atoms with Crippen molar-refractivity contribution in [3.05, 3.63) is 59.4 Å². The number of phenolic OH excluding ortho intramolecular Hbond substituents is 1. The van der Waals surface area contributed by atoms with E-state index >= 15 is 0 Å². The summed E-state index contributed by atoms with van der Waals surface area (Å²) in [6, 6.07) is 5.55. The van der Waals surface area contributed by atoms with Crippen molar-refractivity contribution < 1.29 is 27.5 Å². The zero-order valence-corrected chi connectivity index (χ0v) is 12.1. The summed E-state index contributed by atoms with van der Waals surface area (Å²) in [5, 5.41) is 9.73. The van der Waals surface area contributed by atoms with Crippen LogP contribution >= 0.6 is 0 Å². The fourth-order valence-corrected chi connectivity index (χ4v) is 2.00. The van der Waals surface area contributed by atoms with Crippen molar-refractivity contribution in [1.29, 1.82) is 0 Å². The predicted molar refractivity (Wildman–Crippen MR) is 74.9 cm³/mol. The number of hydrogen-bond donors (Lipinski definition) is 1. The summed E-state index contributed by atoms with van der Waals surface area (Å²) < 4.78 is 52.3. The third-order valence-corrected chi connectivity index (χ3v) is 3.51. The molecule has 0 bridgehead atoms. The van der Waals surface area contributed by atoms with Gasteiger partial charge in [0.05, 0.1) is 0 Å². The van der Waals surface area contributed by atoms with E-state index in [-0.39, 0.29) is 17.7 Å². The maximum absolute atomic E-state index is 14.0. The zero-order valence-electron chi connectivity index (χ0n) is 12.1. The molecule has 23 heavy (non-hydrogen) atoms. The molecule has 0 saturated heterocycles. The summed E-state index contributed by atoms with van der Waals surface area (Å²) in [4.78, 5) is 15.8. The molecule has 0 aliphatic heterocycles. The molecule has 2 aromatic rings. The summed E-state index contributed by atoms with van der Waals surface area (Å²) in [6.45, 7) is 0.397. The van der Waals surface area contributed by atoms with Crippen molar-refractivity contribution in [3.8, 4) is 5.75 Å². The molecule has 1 aromatic carbocycles. The van der Waals surface area contributed by atoms with Gasteiger partial charge in [-0.2, -0.15) is 13.2 Å². The molecule has 0 saturated carbocycles. The fraction of sp³-hybridized carbons (Fsp3) is 0.250. The van der Waals surface area contributed by atoms with E-state index in [1.807, 2.05) is 0 Å². The first-order valence-corrected chi connectivity index (χ1v) is 6.64. The number of benzene rings is 1. The van der Waals surface area contributed by atoms with Gasteiger partial charge in [0.15, 0.2) is 5.78 Å². The number of rotatable bonds is 4. The van der Waals surface area contributed by atoms with Crippen LogP contribution in [-0.2, 0) is 12.1 Å². The van der Waals surface area contributed by atoms with Crippen LogP contribution in [0.4, 0.5) is 17.6 Å². The molecule has 0 radical (unpaired) electrons. The molecular formula is C16H13F4NO2. The number of pyridine rings is 1. The number of aromatic hydroxyl groups is 1. The average molecular weight is 327 g/mol. The zero-order chi connectivity index (χ0) is 17.3. The second-order valence-corrected chi connectivity index (χ2v) is 5.18. The fourth-order valence-electron chi connectivity index (χ4n) is 2.00. The highest BCUT2D eigenvalue weighted by Crippen LogP contribution is 2.43. The van der Waals surface area contributed by atoms with E-state index in [4.69, 9.17) is 0 Å².